The molecule has 0 saturated heterocycles. The van der Waals surface area contributed by atoms with Crippen LogP contribution in [0.2, 0.25) is 0 Å². The Morgan fingerprint density at radius 2 is 2.17 bits per heavy atom. The van der Waals surface area contributed by atoms with Crippen LogP contribution < -0.4 is 0 Å². The van der Waals surface area contributed by atoms with Gasteiger partial charge >= 0.3 is 0 Å². The predicted octanol–water partition coefficient (Wildman–Crippen LogP) is 3.86. The Labute approximate surface area is 76.7 Å². The average Bonchev–Trinajstić information content (AvgIpc) is 2.77. The normalized spacial score (nSPS) is 41.0. The van der Waals surface area contributed by atoms with Crippen molar-refractivity contribution in [2.45, 2.75) is 52.4 Å². The SMILES string of the molecule is CC[C@@H](C)CC[C@@H]1CC[C@@H]2C[C@H]12. The number of hydrogen-bond acceptors (Lipinski definition) is 0. The Morgan fingerprint density at radius 1 is 1.33 bits per heavy atom. The zero-order valence-corrected chi connectivity index (χ0v) is 8.55. The minimum atomic E-state index is 0.975. The Morgan fingerprint density at radius 3 is 2.67 bits per heavy atom. The van der Waals surface area contributed by atoms with Crippen molar-refractivity contribution in [3.63, 3.8) is 0 Å². The van der Waals surface area contributed by atoms with Gasteiger partial charge in [-0.3, -0.25) is 0 Å². The van der Waals surface area contributed by atoms with E-state index in [1.54, 1.807) is 19.3 Å². The number of rotatable bonds is 4. The molecule has 0 bridgehead atoms. The summed E-state index contributed by atoms with van der Waals surface area (Å²) < 4.78 is 0. The minimum Gasteiger partial charge on any atom is -0.0651 e. The highest BCUT2D eigenvalue weighted by molar-refractivity contribution is 4.97. The molecule has 12 heavy (non-hydrogen) atoms. The third-order valence-electron chi connectivity index (χ3n) is 4.22. The maximum absolute atomic E-state index is 2.40. The molecule has 0 N–H and O–H groups in total. The Kier molecular flexibility index (Phi) is 2.43. The van der Waals surface area contributed by atoms with E-state index in [4.69, 9.17) is 0 Å². The molecule has 2 saturated carbocycles. The summed E-state index contributed by atoms with van der Waals surface area (Å²) in [7, 11) is 0. The van der Waals surface area contributed by atoms with Gasteiger partial charge in [0.1, 0.15) is 0 Å². The van der Waals surface area contributed by atoms with Gasteiger partial charge < -0.3 is 0 Å². The lowest BCUT2D eigenvalue weighted by Gasteiger charge is -2.14. The van der Waals surface area contributed by atoms with E-state index in [1.165, 1.54) is 31.1 Å². The smallest absolute Gasteiger partial charge is 0.0355 e. The summed E-state index contributed by atoms with van der Waals surface area (Å²) in [6.07, 6.45) is 9.12. The van der Waals surface area contributed by atoms with Crippen molar-refractivity contribution >= 4 is 0 Å². The van der Waals surface area contributed by atoms with E-state index in [9.17, 15) is 0 Å². The van der Waals surface area contributed by atoms with Gasteiger partial charge in [0.05, 0.1) is 0 Å². The molecule has 2 fully saturated rings. The minimum absolute atomic E-state index is 0.975. The van der Waals surface area contributed by atoms with Gasteiger partial charge in [0.25, 0.3) is 0 Å². The topological polar surface area (TPSA) is 0 Å². The van der Waals surface area contributed by atoms with E-state index in [0.29, 0.717) is 0 Å². The van der Waals surface area contributed by atoms with Crippen LogP contribution in [0.15, 0.2) is 0 Å². The van der Waals surface area contributed by atoms with Gasteiger partial charge in [0, 0.05) is 0 Å². The molecule has 0 aromatic heterocycles. The van der Waals surface area contributed by atoms with Crippen molar-refractivity contribution in [2.75, 3.05) is 0 Å². The van der Waals surface area contributed by atoms with Crippen molar-refractivity contribution in [3.05, 3.63) is 0 Å². The molecule has 4 atom stereocenters. The molecular formula is C12H22. The Bertz CT molecular complexity index is 150. The Balaban J connectivity index is 1.66. The van der Waals surface area contributed by atoms with Crippen LogP contribution >= 0.6 is 0 Å². The van der Waals surface area contributed by atoms with Crippen LogP contribution in [0.5, 0.6) is 0 Å². The van der Waals surface area contributed by atoms with E-state index < -0.39 is 0 Å². The van der Waals surface area contributed by atoms with Crippen LogP contribution in [0.4, 0.5) is 0 Å². The van der Waals surface area contributed by atoms with Gasteiger partial charge in [0.2, 0.25) is 0 Å². The fourth-order valence-electron chi connectivity index (χ4n) is 2.88. The second kappa shape index (κ2) is 3.40. The lowest BCUT2D eigenvalue weighted by Crippen LogP contribution is -2.02. The van der Waals surface area contributed by atoms with E-state index in [2.05, 4.69) is 13.8 Å². The first-order valence-electron chi connectivity index (χ1n) is 5.81. The number of hydrogen-bond donors (Lipinski definition) is 0. The highest BCUT2D eigenvalue weighted by Crippen LogP contribution is 2.56. The predicted molar refractivity (Wildman–Crippen MR) is 53.0 cm³/mol. The van der Waals surface area contributed by atoms with Gasteiger partial charge in [-0.1, -0.05) is 26.7 Å². The van der Waals surface area contributed by atoms with Crippen molar-refractivity contribution in [3.8, 4) is 0 Å². The van der Waals surface area contributed by atoms with Crippen molar-refractivity contribution in [1.29, 1.82) is 0 Å². The summed E-state index contributed by atoms with van der Waals surface area (Å²) in [4.78, 5) is 0. The van der Waals surface area contributed by atoms with Crippen molar-refractivity contribution < 1.29 is 0 Å². The van der Waals surface area contributed by atoms with E-state index in [-0.39, 0.29) is 0 Å². The maximum atomic E-state index is 2.40. The fourth-order valence-corrected chi connectivity index (χ4v) is 2.88. The quantitative estimate of drug-likeness (QED) is 0.595. The van der Waals surface area contributed by atoms with Crippen molar-refractivity contribution in [2.24, 2.45) is 23.7 Å². The first-order valence-corrected chi connectivity index (χ1v) is 5.81. The third-order valence-corrected chi connectivity index (χ3v) is 4.22. The summed E-state index contributed by atoms with van der Waals surface area (Å²) in [5, 5.41) is 0. The van der Waals surface area contributed by atoms with Crippen molar-refractivity contribution in [1.82, 2.24) is 0 Å². The van der Waals surface area contributed by atoms with Gasteiger partial charge in [-0.05, 0) is 49.4 Å². The fraction of sp³-hybridized carbons (Fsp3) is 1.00. The molecule has 0 aromatic rings. The molecule has 0 aliphatic heterocycles. The lowest BCUT2D eigenvalue weighted by atomic mass is 9.92. The zero-order chi connectivity index (χ0) is 8.55. The van der Waals surface area contributed by atoms with Gasteiger partial charge in [-0.15, -0.1) is 0 Å². The van der Waals surface area contributed by atoms with E-state index in [1.807, 2.05) is 0 Å². The van der Waals surface area contributed by atoms with Crippen LogP contribution in [-0.2, 0) is 0 Å². The molecule has 0 heterocycles. The van der Waals surface area contributed by atoms with Crippen LogP contribution in [0.1, 0.15) is 52.4 Å². The molecule has 0 unspecified atom stereocenters. The molecule has 0 heteroatoms. The van der Waals surface area contributed by atoms with Crippen LogP contribution in [0.25, 0.3) is 0 Å². The molecule has 0 amide bonds. The average molecular weight is 166 g/mol. The molecule has 0 spiro atoms. The molecule has 0 aromatic carbocycles. The third kappa shape index (κ3) is 1.67. The molecule has 70 valence electrons. The molecule has 0 radical (unpaired) electrons. The monoisotopic (exact) mass is 166 g/mol. The lowest BCUT2D eigenvalue weighted by molar-refractivity contribution is 0.378. The first-order chi connectivity index (χ1) is 5.81. The van der Waals surface area contributed by atoms with E-state index >= 15 is 0 Å². The summed E-state index contributed by atoms with van der Waals surface area (Å²) in [6, 6.07) is 0. The second-order valence-corrected chi connectivity index (χ2v) is 5.09. The van der Waals surface area contributed by atoms with Gasteiger partial charge in [0.15, 0.2) is 0 Å². The summed E-state index contributed by atoms with van der Waals surface area (Å²) in [6.45, 7) is 4.72. The molecule has 0 nitrogen and oxygen atoms in total. The number of fused-ring (bicyclic) bond motifs is 1. The highest BCUT2D eigenvalue weighted by atomic mass is 14.5. The summed E-state index contributed by atoms with van der Waals surface area (Å²) >= 11 is 0. The first kappa shape index (κ1) is 8.59. The van der Waals surface area contributed by atoms with Gasteiger partial charge in [-0.25, -0.2) is 0 Å². The molecular weight excluding hydrogens is 144 g/mol. The maximum Gasteiger partial charge on any atom is -0.0355 e. The van der Waals surface area contributed by atoms with Crippen LogP contribution in [0.3, 0.4) is 0 Å². The molecule has 2 aliphatic rings. The standard InChI is InChI=1S/C12H22/c1-3-9(2)4-5-10-6-7-11-8-12(10)11/h9-12H,3-8H2,1-2H3/t9-,10-,11-,12-/m1/s1. The highest BCUT2D eigenvalue weighted by Gasteiger charge is 2.47. The Hall–Kier alpha value is 0. The van der Waals surface area contributed by atoms with E-state index in [0.717, 1.165) is 11.8 Å². The zero-order valence-electron chi connectivity index (χ0n) is 8.55. The summed E-state index contributed by atoms with van der Waals surface area (Å²) in [5.41, 5.74) is 0. The van der Waals surface area contributed by atoms with Crippen LogP contribution in [-0.4, -0.2) is 0 Å². The van der Waals surface area contributed by atoms with Crippen LogP contribution in [0, 0.1) is 23.7 Å². The summed E-state index contributed by atoms with van der Waals surface area (Å²) in [5.74, 6) is 4.49. The largest absolute Gasteiger partial charge is 0.0651 e. The molecule has 2 rings (SSSR count). The van der Waals surface area contributed by atoms with Gasteiger partial charge in [-0.2, -0.15) is 0 Å². The second-order valence-electron chi connectivity index (χ2n) is 5.09. The molecule has 2 aliphatic carbocycles.